The van der Waals surface area contributed by atoms with E-state index in [2.05, 4.69) is 11.6 Å². The SMILES string of the molecule is CCCC1(CNS(=O)(=O)c2cc(CO)ccc2OC)CC1. The van der Waals surface area contributed by atoms with E-state index in [1.807, 2.05) is 0 Å². The standard InChI is InChI=1S/C15H23NO4S/c1-3-6-15(7-8-15)11-16-21(18,19)14-9-12(10-17)4-5-13(14)20-2/h4-5,9,16-17H,3,6-8,10-11H2,1-2H3. The Kier molecular flexibility index (Phi) is 4.91. The molecule has 118 valence electrons. The lowest BCUT2D eigenvalue weighted by molar-refractivity contribution is 0.281. The van der Waals surface area contributed by atoms with Crippen molar-refractivity contribution in [2.45, 2.75) is 44.1 Å². The summed E-state index contributed by atoms with van der Waals surface area (Å²) in [6.07, 6.45) is 4.27. The van der Waals surface area contributed by atoms with Gasteiger partial charge in [0.15, 0.2) is 0 Å². The largest absolute Gasteiger partial charge is 0.495 e. The minimum Gasteiger partial charge on any atom is -0.495 e. The minimum absolute atomic E-state index is 0.0869. The lowest BCUT2D eigenvalue weighted by Gasteiger charge is -2.16. The van der Waals surface area contributed by atoms with Crippen LogP contribution >= 0.6 is 0 Å². The van der Waals surface area contributed by atoms with Gasteiger partial charge in [-0.3, -0.25) is 0 Å². The molecule has 1 aromatic carbocycles. The van der Waals surface area contributed by atoms with Crippen molar-refractivity contribution in [2.75, 3.05) is 13.7 Å². The lowest BCUT2D eigenvalue weighted by Crippen LogP contribution is -2.30. The number of nitrogens with one attached hydrogen (secondary N) is 1. The highest BCUT2D eigenvalue weighted by Crippen LogP contribution is 2.49. The Labute approximate surface area is 126 Å². The quantitative estimate of drug-likeness (QED) is 0.770. The molecule has 1 saturated carbocycles. The van der Waals surface area contributed by atoms with E-state index in [1.165, 1.54) is 13.2 Å². The maximum atomic E-state index is 12.5. The van der Waals surface area contributed by atoms with Crippen LogP contribution in [0.4, 0.5) is 0 Å². The van der Waals surface area contributed by atoms with Crippen LogP contribution in [0.1, 0.15) is 38.2 Å². The van der Waals surface area contributed by atoms with E-state index in [0.29, 0.717) is 17.9 Å². The first-order chi connectivity index (χ1) is 9.96. The zero-order valence-electron chi connectivity index (χ0n) is 12.6. The molecule has 21 heavy (non-hydrogen) atoms. The summed E-state index contributed by atoms with van der Waals surface area (Å²) in [6, 6.07) is 4.68. The number of ether oxygens (including phenoxy) is 1. The molecule has 0 radical (unpaired) electrons. The normalized spacial score (nSPS) is 16.7. The second-order valence-electron chi connectivity index (χ2n) is 5.72. The molecule has 0 unspecified atom stereocenters. The molecule has 1 aliphatic rings. The Morgan fingerprint density at radius 1 is 1.38 bits per heavy atom. The van der Waals surface area contributed by atoms with E-state index >= 15 is 0 Å². The Morgan fingerprint density at radius 3 is 2.62 bits per heavy atom. The van der Waals surface area contributed by atoms with Gasteiger partial charge in [0.25, 0.3) is 0 Å². The summed E-state index contributed by atoms with van der Waals surface area (Å²) in [5.74, 6) is 0.292. The zero-order chi connectivity index (χ0) is 15.5. The van der Waals surface area contributed by atoms with Crippen LogP contribution in [0.25, 0.3) is 0 Å². The summed E-state index contributed by atoms with van der Waals surface area (Å²) in [6.45, 7) is 2.38. The molecule has 1 fully saturated rings. The van der Waals surface area contributed by atoms with Crippen LogP contribution < -0.4 is 9.46 Å². The second-order valence-corrected chi connectivity index (χ2v) is 7.45. The number of methoxy groups -OCH3 is 1. The van der Waals surface area contributed by atoms with Crippen molar-refractivity contribution in [3.05, 3.63) is 23.8 Å². The maximum Gasteiger partial charge on any atom is 0.244 e. The van der Waals surface area contributed by atoms with Gasteiger partial charge in [-0.05, 0) is 42.4 Å². The number of hydrogen-bond acceptors (Lipinski definition) is 4. The number of aliphatic hydroxyl groups is 1. The van der Waals surface area contributed by atoms with Gasteiger partial charge in [0.05, 0.1) is 13.7 Å². The van der Waals surface area contributed by atoms with E-state index in [-0.39, 0.29) is 16.9 Å². The van der Waals surface area contributed by atoms with Crippen molar-refractivity contribution in [1.82, 2.24) is 4.72 Å². The first kappa shape index (κ1) is 16.3. The molecule has 0 heterocycles. The van der Waals surface area contributed by atoms with Gasteiger partial charge in [0, 0.05) is 6.54 Å². The van der Waals surface area contributed by atoms with Crippen molar-refractivity contribution in [3.63, 3.8) is 0 Å². The molecule has 0 bridgehead atoms. The fourth-order valence-corrected chi connectivity index (χ4v) is 3.95. The van der Waals surface area contributed by atoms with Gasteiger partial charge < -0.3 is 9.84 Å². The smallest absolute Gasteiger partial charge is 0.244 e. The molecule has 2 rings (SSSR count). The Hall–Kier alpha value is -1.11. The number of benzene rings is 1. The highest BCUT2D eigenvalue weighted by Gasteiger charge is 2.42. The second kappa shape index (κ2) is 6.34. The predicted molar refractivity (Wildman–Crippen MR) is 80.7 cm³/mol. The van der Waals surface area contributed by atoms with Crippen LogP contribution in [0.5, 0.6) is 5.75 Å². The third-order valence-electron chi connectivity index (χ3n) is 4.07. The molecule has 1 aromatic rings. The Bertz CT molecular complexity index is 594. The van der Waals surface area contributed by atoms with E-state index in [4.69, 9.17) is 4.74 Å². The van der Waals surface area contributed by atoms with Gasteiger partial charge >= 0.3 is 0 Å². The summed E-state index contributed by atoms with van der Waals surface area (Å²) in [7, 11) is -2.20. The molecular formula is C15H23NO4S. The monoisotopic (exact) mass is 313 g/mol. The summed E-state index contributed by atoms with van der Waals surface area (Å²) in [4.78, 5) is 0.0869. The molecule has 0 aromatic heterocycles. The summed E-state index contributed by atoms with van der Waals surface area (Å²) >= 11 is 0. The van der Waals surface area contributed by atoms with E-state index in [0.717, 1.165) is 25.7 Å². The van der Waals surface area contributed by atoms with E-state index in [9.17, 15) is 13.5 Å². The van der Waals surface area contributed by atoms with Gasteiger partial charge in [-0.25, -0.2) is 13.1 Å². The fourth-order valence-electron chi connectivity index (χ4n) is 2.58. The number of aliphatic hydroxyl groups excluding tert-OH is 1. The van der Waals surface area contributed by atoms with Crippen molar-refractivity contribution < 1.29 is 18.3 Å². The van der Waals surface area contributed by atoms with E-state index < -0.39 is 10.0 Å². The third-order valence-corrected chi connectivity index (χ3v) is 5.50. The lowest BCUT2D eigenvalue weighted by atomic mass is 10.0. The summed E-state index contributed by atoms with van der Waals surface area (Å²) < 4.78 is 32.8. The molecule has 6 heteroatoms. The molecular weight excluding hydrogens is 290 g/mol. The van der Waals surface area contributed by atoms with Crippen LogP contribution in [-0.4, -0.2) is 27.2 Å². The van der Waals surface area contributed by atoms with Crippen LogP contribution in [0.3, 0.4) is 0 Å². The molecule has 0 spiro atoms. The molecule has 2 N–H and O–H groups in total. The number of rotatable bonds is 8. The molecule has 0 amide bonds. The third kappa shape index (κ3) is 3.75. The molecule has 0 aliphatic heterocycles. The van der Waals surface area contributed by atoms with Crippen LogP contribution in [-0.2, 0) is 16.6 Å². The minimum atomic E-state index is -3.63. The Morgan fingerprint density at radius 2 is 2.10 bits per heavy atom. The summed E-state index contributed by atoms with van der Waals surface area (Å²) in [5, 5.41) is 9.17. The highest BCUT2D eigenvalue weighted by atomic mass is 32.2. The molecule has 5 nitrogen and oxygen atoms in total. The van der Waals surface area contributed by atoms with Crippen LogP contribution in [0, 0.1) is 5.41 Å². The average Bonchev–Trinajstić information content (AvgIpc) is 3.25. The van der Waals surface area contributed by atoms with Crippen molar-refractivity contribution >= 4 is 10.0 Å². The van der Waals surface area contributed by atoms with Crippen molar-refractivity contribution in [2.24, 2.45) is 5.41 Å². The van der Waals surface area contributed by atoms with Crippen molar-refractivity contribution in [3.8, 4) is 5.75 Å². The predicted octanol–water partition coefficient (Wildman–Crippen LogP) is 2.05. The van der Waals surface area contributed by atoms with Gasteiger partial charge in [-0.15, -0.1) is 0 Å². The number of sulfonamides is 1. The molecule has 1 aliphatic carbocycles. The fraction of sp³-hybridized carbons (Fsp3) is 0.600. The number of hydrogen-bond donors (Lipinski definition) is 2. The van der Waals surface area contributed by atoms with Crippen LogP contribution in [0.2, 0.25) is 0 Å². The van der Waals surface area contributed by atoms with Gasteiger partial charge in [0.1, 0.15) is 10.6 Å². The average molecular weight is 313 g/mol. The topological polar surface area (TPSA) is 75.6 Å². The zero-order valence-corrected chi connectivity index (χ0v) is 13.4. The Balaban J connectivity index is 2.19. The van der Waals surface area contributed by atoms with Gasteiger partial charge in [0.2, 0.25) is 10.0 Å². The van der Waals surface area contributed by atoms with Gasteiger partial charge in [-0.1, -0.05) is 19.4 Å². The van der Waals surface area contributed by atoms with Crippen LogP contribution in [0.15, 0.2) is 23.1 Å². The summed E-state index contributed by atoms with van der Waals surface area (Å²) in [5.41, 5.74) is 0.690. The van der Waals surface area contributed by atoms with Crippen molar-refractivity contribution in [1.29, 1.82) is 0 Å². The molecule has 0 saturated heterocycles. The molecule has 0 atom stereocenters. The highest BCUT2D eigenvalue weighted by molar-refractivity contribution is 7.89. The van der Waals surface area contributed by atoms with Gasteiger partial charge in [-0.2, -0.15) is 0 Å². The maximum absolute atomic E-state index is 12.5. The first-order valence-electron chi connectivity index (χ1n) is 7.24. The first-order valence-corrected chi connectivity index (χ1v) is 8.72. The van der Waals surface area contributed by atoms with E-state index in [1.54, 1.807) is 12.1 Å².